The number of ether oxygens (including phenoxy) is 6. The predicted octanol–water partition coefficient (Wildman–Crippen LogP) is 2.47. The van der Waals surface area contributed by atoms with Crippen LogP contribution in [0, 0.1) is 0 Å². The minimum Gasteiger partial charge on any atom is -0.493 e. The molecule has 0 aliphatic carbocycles. The molecular formula is C17H24O7. The van der Waals surface area contributed by atoms with E-state index in [1.54, 1.807) is 32.9 Å². The molecule has 1 fully saturated rings. The zero-order valence-corrected chi connectivity index (χ0v) is 14.9. The van der Waals surface area contributed by atoms with E-state index < -0.39 is 24.0 Å². The topological polar surface area (TPSA) is 72.5 Å². The molecule has 0 amide bonds. The van der Waals surface area contributed by atoms with Gasteiger partial charge in [0.2, 0.25) is 5.75 Å². The van der Waals surface area contributed by atoms with E-state index >= 15 is 0 Å². The van der Waals surface area contributed by atoms with Gasteiger partial charge in [0.15, 0.2) is 23.4 Å². The fourth-order valence-corrected chi connectivity index (χ4v) is 2.67. The van der Waals surface area contributed by atoms with E-state index in [4.69, 9.17) is 28.4 Å². The summed E-state index contributed by atoms with van der Waals surface area (Å²) in [5.41, 5.74) is 0.674. The number of hydrogen-bond donors (Lipinski definition) is 0. The van der Waals surface area contributed by atoms with Gasteiger partial charge in [-0.2, -0.15) is 0 Å². The number of hydrogen-bond acceptors (Lipinski definition) is 7. The van der Waals surface area contributed by atoms with Crippen LogP contribution in [0.4, 0.5) is 0 Å². The summed E-state index contributed by atoms with van der Waals surface area (Å²) in [6, 6.07) is 3.48. The van der Waals surface area contributed by atoms with Crippen molar-refractivity contribution < 1.29 is 33.2 Å². The van der Waals surface area contributed by atoms with Crippen molar-refractivity contribution in [3.8, 4) is 17.2 Å². The molecule has 24 heavy (non-hydrogen) atoms. The molecule has 2 atom stereocenters. The number of carbonyl (C=O) groups excluding carboxylic acids is 1. The van der Waals surface area contributed by atoms with Gasteiger partial charge in [-0.05, 0) is 38.5 Å². The summed E-state index contributed by atoms with van der Waals surface area (Å²) < 4.78 is 32.8. The molecule has 7 heteroatoms. The Morgan fingerprint density at radius 2 is 1.67 bits per heavy atom. The van der Waals surface area contributed by atoms with Crippen molar-refractivity contribution in [2.45, 2.75) is 38.8 Å². The molecule has 134 valence electrons. The highest BCUT2D eigenvalue weighted by Gasteiger charge is 2.47. The Labute approximate surface area is 141 Å². The Morgan fingerprint density at radius 3 is 2.12 bits per heavy atom. The van der Waals surface area contributed by atoms with Gasteiger partial charge in [0, 0.05) is 0 Å². The second kappa shape index (κ2) is 7.27. The Morgan fingerprint density at radius 1 is 1.08 bits per heavy atom. The third-order valence-corrected chi connectivity index (χ3v) is 3.63. The maximum atomic E-state index is 12.2. The van der Waals surface area contributed by atoms with E-state index in [1.165, 1.54) is 21.3 Å². The van der Waals surface area contributed by atoms with Gasteiger partial charge in [-0.15, -0.1) is 0 Å². The number of esters is 1. The van der Waals surface area contributed by atoms with E-state index in [0.717, 1.165) is 0 Å². The van der Waals surface area contributed by atoms with Gasteiger partial charge in [0.25, 0.3) is 0 Å². The third-order valence-electron chi connectivity index (χ3n) is 3.63. The maximum absolute atomic E-state index is 12.2. The van der Waals surface area contributed by atoms with E-state index in [-0.39, 0.29) is 6.61 Å². The molecule has 1 aliphatic rings. The van der Waals surface area contributed by atoms with Gasteiger partial charge in [0.1, 0.15) is 6.10 Å². The summed E-state index contributed by atoms with van der Waals surface area (Å²) in [7, 11) is 4.58. The smallest absolute Gasteiger partial charge is 0.338 e. The third kappa shape index (κ3) is 3.57. The van der Waals surface area contributed by atoms with Crippen LogP contribution in [-0.4, -0.2) is 45.8 Å². The molecule has 0 spiro atoms. The molecule has 0 aromatic heterocycles. The van der Waals surface area contributed by atoms with Crippen molar-refractivity contribution in [1.82, 2.24) is 0 Å². The summed E-state index contributed by atoms with van der Waals surface area (Å²) in [6.45, 7) is 5.50. The van der Waals surface area contributed by atoms with Crippen LogP contribution in [0.3, 0.4) is 0 Å². The lowest BCUT2D eigenvalue weighted by molar-refractivity contribution is -0.170. The van der Waals surface area contributed by atoms with Gasteiger partial charge in [-0.25, -0.2) is 4.79 Å². The Bertz CT molecular complexity index is 572. The first-order valence-electron chi connectivity index (χ1n) is 7.69. The fourth-order valence-electron chi connectivity index (χ4n) is 2.67. The summed E-state index contributed by atoms with van der Waals surface area (Å²) in [5.74, 6) is 0.0321. The SMILES string of the molecule is CCOC(=O)C1OC(C)(C)OC1c1cc(OC)c(OC)c(OC)c1. The van der Waals surface area contributed by atoms with Gasteiger partial charge < -0.3 is 28.4 Å². The Kier molecular flexibility index (Phi) is 5.56. The zero-order chi connectivity index (χ0) is 17.9. The first-order chi connectivity index (χ1) is 11.4. The van der Waals surface area contributed by atoms with Crippen molar-refractivity contribution in [1.29, 1.82) is 0 Å². The molecule has 2 unspecified atom stereocenters. The molecule has 0 N–H and O–H groups in total. The van der Waals surface area contributed by atoms with Crippen LogP contribution >= 0.6 is 0 Å². The number of carbonyl (C=O) groups is 1. The van der Waals surface area contributed by atoms with Crippen LogP contribution in [0.5, 0.6) is 17.2 Å². The molecule has 2 rings (SSSR count). The van der Waals surface area contributed by atoms with Gasteiger partial charge in [0.05, 0.1) is 27.9 Å². The summed E-state index contributed by atoms with van der Waals surface area (Å²) in [5, 5.41) is 0. The lowest BCUT2D eigenvalue weighted by Gasteiger charge is -2.19. The highest BCUT2D eigenvalue weighted by molar-refractivity contribution is 5.76. The molecule has 1 heterocycles. The van der Waals surface area contributed by atoms with Gasteiger partial charge in [-0.3, -0.25) is 0 Å². The summed E-state index contributed by atoms with van der Waals surface area (Å²) >= 11 is 0. The zero-order valence-electron chi connectivity index (χ0n) is 14.9. The molecule has 1 aromatic rings. The van der Waals surface area contributed by atoms with Gasteiger partial charge >= 0.3 is 5.97 Å². The molecule has 1 aromatic carbocycles. The van der Waals surface area contributed by atoms with Crippen molar-refractivity contribution in [2.75, 3.05) is 27.9 Å². The van der Waals surface area contributed by atoms with E-state index in [9.17, 15) is 4.79 Å². The first-order valence-corrected chi connectivity index (χ1v) is 7.69. The lowest BCUT2D eigenvalue weighted by atomic mass is 10.0. The van der Waals surface area contributed by atoms with Gasteiger partial charge in [-0.1, -0.05) is 0 Å². The molecule has 0 radical (unpaired) electrons. The number of rotatable bonds is 6. The summed E-state index contributed by atoms with van der Waals surface area (Å²) in [4.78, 5) is 12.2. The highest BCUT2D eigenvalue weighted by atomic mass is 16.8. The lowest BCUT2D eigenvalue weighted by Crippen LogP contribution is -2.29. The van der Waals surface area contributed by atoms with Crippen LogP contribution in [0.25, 0.3) is 0 Å². The highest BCUT2D eigenvalue weighted by Crippen LogP contribution is 2.45. The predicted molar refractivity (Wildman–Crippen MR) is 85.5 cm³/mol. The van der Waals surface area contributed by atoms with Crippen LogP contribution in [0.2, 0.25) is 0 Å². The molecule has 0 saturated carbocycles. The van der Waals surface area contributed by atoms with Crippen molar-refractivity contribution in [2.24, 2.45) is 0 Å². The largest absolute Gasteiger partial charge is 0.493 e. The minimum atomic E-state index is -0.914. The number of methoxy groups -OCH3 is 3. The monoisotopic (exact) mass is 340 g/mol. The quantitative estimate of drug-likeness (QED) is 0.737. The maximum Gasteiger partial charge on any atom is 0.338 e. The van der Waals surface area contributed by atoms with Crippen LogP contribution in [0.15, 0.2) is 12.1 Å². The molecule has 1 aliphatic heterocycles. The van der Waals surface area contributed by atoms with Crippen molar-refractivity contribution in [3.05, 3.63) is 17.7 Å². The number of benzene rings is 1. The van der Waals surface area contributed by atoms with E-state index in [1.807, 2.05) is 0 Å². The molecule has 0 bridgehead atoms. The van der Waals surface area contributed by atoms with Crippen molar-refractivity contribution >= 4 is 5.97 Å². The summed E-state index contributed by atoms with van der Waals surface area (Å²) in [6.07, 6.45) is -1.52. The second-order valence-electron chi connectivity index (χ2n) is 5.69. The van der Waals surface area contributed by atoms with Crippen LogP contribution < -0.4 is 14.2 Å². The average Bonchev–Trinajstić information content (AvgIpc) is 2.89. The Balaban J connectivity index is 2.45. The minimum absolute atomic E-state index is 0.265. The second-order valence-corrected chi connectivity index (χ2v) is 5.69. The van der Waals surface area contributed by atoms with Crippen LogP contribution in [-0.2, 0) is 19.0 Å². The van der Waals surface area contributed by atoms with E-state index in [0.29, 0.717) is 22.8 Å². The molecular weight excluding hydrogens is 316 g/mol. The normalized spacial score (nSPS) is 22.1. The average molecular weight is 340 g/mol. The fraction of sp³-hybridized carbons (Fsp3) is 0.588. The standard InChI is InChI=1S/C17H24O7/c1-7-22-16(18)15-13(23-17(2,3)24-15)10-8-11(19-4)14(21-6)12(9-10)20-5/h8-9,13,15H,7H2,1-6H3. The first kappa shape index (κ1) is 18.4. The Hall–Kier alpha value is -1.99. The van der Waals surface area contributed by atoms with Crippen LogP contribution in [0.1, 0.15) is 32.4 Å². The molecule has 7 nitrogen and oxygen atoms in total. The van der Waals surface area contributed by atoms with E-state index in [2.05, 4.69) is 0 Å². The molecule has 1 saturated heterocycles. The van der Waals surface area contributed by atoms with Crippen molar-refractivity contribution in [3.63, 3.8) is 0 Å².